The summed E-state index contributed by atoms with van der Waals surface area (Å²) in [6, 6.07) is -0.473. The molecule has 25 heavy (non-hydrogen) atoms. The van der Waals surface area contributed by atoms with Crippen molar-refractivity contribution >= 4 is 34.5 Å². The van der Waals surface area contributed by atoms with Crippen LogP contribution < -0.4 is 5.32 Å². The number of alkyl halides is 1. The van der Waals surface area contributed by atoms with Crippen molar-refractivity contribution in [2.75, 3.05) is 13.2 Å². The summed E-state index contributed by atoms with van der Waals surface area (Å²) in [5.41, 5.74) is 0. The number of nitrogens with zero attached hydrogens (tertiary/aromatic N) is 1. The maximum atomic E-state index is 12.7. The van der Waals surface area contributed by atoms with E-state index >= 15 is 0 Å². The molecule has 1 saturated carbocycles. The van der Waals surface area contributed by atoms with Crippen molar-refractivity contribution in [3.63, 3.8) is 0 Å². The predicted octanol–water partition coefficient (Wildman–Crippen LogP) is 1.54. The van der Waals surface area contributed by atoms with Crippen LogP contribution in [0.3, 0.4) is 0 Å². The Labute approximate surface area is 161 Å². The standard InChI is InChI=1S/C17H27IN2O5/c18-17(11-6-4-2-1-3-5-7-11)10-20(16(24)19-15(17)23)14-8-12(22)13(9-21)25-14/h11-14,21-22H,1-10H2,(H,19,23,24)/t12-,13+,14+,17?/m0/s1. The topological polar surface area (TPSA) is 99.1 Å². The summed E-state index contributed by atoms with van der Waals surface area (Å²) in [7, 11) is 0. The summed E-state index contributed by atoms with van der Waals surface area (Å²) in [4.78, 5) is 26.5. The Bertz CT molecular complexity index is 511. The molecule has 0 radical (unpaired) electrons. The number of carbonyl (C=O) groups excluding carboxylic acids is 2. The monoisotopic (exact) mass is 466 g/mol. The minimum atomic E-state index is -0.801. The minimum Gasteiger partial charge on any atom is -0.394 e. The third kappa shape index (κ3) is 3.96. The zero-order valence-corrected chi connectivity index (χ0v) is 16.5. The molecule has 1 aliphatic carbocycles. The number of amides is 3. The third-order valence-electron chi connectivity index (χ3n) is 5.74. The Balaban J connectivity index is 1.75. The molecule has 1 unspecified atom stereocenters. The van der Waals surface area contributed by atoms with Crippen molar-refractivity contribution in [2.45, 2.75) is 73.2 Å². The fourth-order valence-electron chi connectivity index (χ4n) is 4.20. The Hall–Kier alpha value is -0.450. The van der Waals surface area contributed by atoms with Crippen molar-refractivity contribution in [1.82, 2.24) is 10.2 Å². The Morgan fingerprint density at radius 2 is 1.84 bits per heavy atom. The van der Waals surface area contributed by atoms with Gasteiger partial charge in [0.1, 0.15) is 15.8 Å². The minimum absolute atomic E-state index is 0.211. The number of nitrogens with one attached hydrogen (secondary N) is 1. The van der Waals surface area contributed by atoms with Crippen LogP contribution in [-0.4, -0.2) is 62.1 Å². The van der Waals surface area contributed by atoms with Crippen LogP contribution in [0.25, 0.3) is 0 Å². The van der Waals surface area contributed by atoms with Crippen LogP contribution in [0.1, 0.15) is 51.4 Å². The van der Waals surface area contributed by atoms with Crippen molar-refractivity contribution in [2.24, 2.45) is 5.92 Å². The molecule has 142 valence electrons. The van der Waals surface area contributed by atoms with Gasteiger partial charge in [0.15, 0.2) is 0 Å². The molecule has 3 amide bonds. The number of halogens is 1. The Morgan fingerprint density at radius 1 is 1.20 bits per heavy atom. The quantitative estimate of drug-likeness (QED) is 0.433. The third-order valence-corrected chi connectivity index (χ3v) is 7.46. The van der Waals surface area contributed by atoms with Gasteiger partial charge in [0.2, 0.25) is 5.91 Å². The summed E-state index contributed by atoms with van der Waals surface area (Å²) in [5.74, 6) is 0.0149. The van der Waals surface area contributed by atoms with E-state index < -0.39 is 27.9 Å². The summed E-state index contributed by atoms with van der Waals surface area (Å²) in [6.45, 7) is 0.00247. The van der Waals surface area contributed by atoms with E-state index in [1.807, 2.05) is 0 Å². The van der Waals surface area contributed by atoms with Gasteiger partial charge in [0.25, 0.3) is 0 Å². The van der Waals surface area contributed by atoms with E-state index in [0.29, 0.717) is 6.54 Å². The number of carbonyl (C=O) groups is 2. The first-order chi connectivity index (χ1) is 12.0. The van der Waals surface area contributed by atoms with Crippen molar-refractivity contribution in [1.29, 1.82) is 0 Å². The van der Waals surface area contributed by atoms with Gasteiger partial charge in [0, 0.05) is 13.0 Å². The summed E-state index contributed by atoms with van der Waals surface area (Å²) < 4.78 is 4.97. The highest BCUT2D eigenvalue weighted by Gasteiger charge is 2.52. The number of aliphatic hydroxyl groups excluding tert-OH is 2. The normalized spacial score (nSPS) is 38.4. The zero-order valence-electron chi connectivity index (χ0n) is 14.3. The number of hydrogen-bond donors (Lipinski definition) is 3. The fourth-order valence-corrected chi connectivity index (χ4v) is 5.32. The summed E-state index contributed by atoms with van der Waals surface area (Å²) in [6.07, 6.45) is 6.03. The Morgan fingerprint density at radius 3 is 2.44 bits per heavy atom. The average Bonchev–Trinajstić information content (AvgIpc) is 2.91. The first-order valence-electron chi connectivity index (χ1n) is 9.21. The van der Waals surface area contributed by atoms with Gasteiger partial charge in [-0.15, -0.1) is 0 Å². The molecule has 4 atom stereocenters. The highest BCUT2D eigenvalue weighted by atomic mass is 127. The first-order valence-corrected chi connectivity index (χ1v) is 10.3. The fraction of sp³-hybridized carbons (Fsp3) is 0.882. The molecule has 3 aliphatic rings. The molecule has 0 bridgehead atoms. The van der Waals surface area contributed by atoms with E-state index in [1.54, 1.807) is 0 Å². The highest BCUT2D eigenvalue weighted by molar-refractivity contribution is 14.1. The molecule has 3 fully saturated rings. The van der Waals surface area contributed by atoms with Gasteiger partial charge in [-0.3, -0.25) is 15.0 Å². The second kappa shape index (κ2) is 8.06. The van der Waals surface area contributed by atoms with Crippen molar-refractivity contribution < 1.29 is 24.5 Å². The van der Waals surface area contributed by atoms with E-state index in [2.05, 4.69) is 27.9 Å². The van der Waals surface area contributed by atoms with Crippen LogP contribution in [0.5, 0.6) is 0 Å². The molecule has 0 aromatic heterocycles. The lowest BCUT2D eigenvalue weighted by molar-refractivity contribution is -0.128. The number of imide groups is 1. The molecule has 2 saturated heterocycles. The van der Waals surface area contributed by atoms with Crippen molar-refractivity contribution in [3.05, 3.63) is 0 Å². The van der Waals surface area contributed by atoms with Crippen LogP contribution in [0.2, 0.25) is 0 Å². The second-order valence-corrected chi connectivity index (χ2v) is 9.33. The lowest BCUT2D eigenvalue weighted by atomic mass is 9.80. The van der Waals surface area contributed by atoms with E-state index in [9.17, 15) is 19.8 Å². The van der Waals surface area contributed by atoms with Crippen LogP contribution >= 0.6 is 22.6 Å². The van der Waals surface area contributed by atoms with Crippen LogP contribution in [0.15, 0.2) is 0 Å². The van der Waals surface area contributed by atoms with E-state index in [4.69, 9.17) is 4.74 Å². The second-order valence-electron chi connectivity index (χ2n) is 7.41. The molecule has 0 aromatic carbocycles. The highest BCUT2D eigenvalue weighted by Crippen LogP contribution is 2.41. The molecule has 2 heterocycles. The lowest BCUT2D eigenvalue weighted by Gasteiger charge is -2.44. The molecular formula is C17H27IN2O5. The predicted molar refractivity (Wildman–Crippen MR) is 99.2 cm³/mol. The molecule has 3 rings (SSSR count). The maximum Gasteiger partial charge on any atom is 0.326 e. The van der Waals surface area contributed by atoms with E-state index in [0.717, 1.165) is 25.7 Å². The lowest BCUT2D eigenvalue weighted by Crippen LogP contribution is -2.66. The van der Waals surface area contributed by atoms with Crippen LogP contribution in [-0.2, 0) is 9.53 Å². The molecule has 0 aromatic rings. The molecule has 8 heteroatoms. The average molecular weight is 466 g/mol. The van der Waals surface area contributed by atoms with E-state index in [-0.39, 0.29) is 24.9 Å². The smallest absolute Gasteiger partial charge is 0.326 e. The SMILES string of the molecule is O=C1NC(=O)C(I)(C2CCCCCCC2)CN1[C@H]1C[C@H](O)[C@@H](CO)O1. The zero-order chi connectivity index (χ0) is 18.0. The number of ether oxygens (including phenoxy) is 1. The van der Waals surface area contributed by atoms with Gasteiger partial charge in [0.05, 0.1) is 12.7 Å². The van der Waals surface area contributed by atoms with Gasteiger partial charge in [-0.25, -0.2) is 4.79 Å². The number of aliphatic hydroxyl groups is 2. The molecule has 3 N–H and O–H groups in total. The van der Waals surface area contributed by atoms with Crippen molar-refractivity contribution in [3.8, 4) is 0 Å². The summed E-state index contributed by atoms with van der Waals surface area (Å²) >= 11 is 2.22. The van der Waals surface area contributed by atoms with Gasteiger partial charge in [-0.05, 0) is 18.8 Å². The molecule has 7 nitrogen and oxygen atoms in total. The summed E-state index contributed by atoms with van der Waals surface area (Å²) in [5, 5.41) is 21.7. The molecule has 0 spiro atoms. The number of urea groups is 1. The Kier molecular flexibility index (Phi) is 6.23. The largest absolute Gasteiger partial charge is 0.394 e. The van der Waals surface area contributed by atoms with Gasteiger partial charge >= 0.3 is 6.03 Å². The van der Waals surface area contributed by atoms with Crippen LogP contribution in [0, 0.1) is 5.92 Å². The van der Waals surface area contributed by atoms with Crippen LogP contribution in [0.4, 0.5) is 4.79 Å². The molecule has 2 aliphatic heterocycles. The van der Waals surface area contributed by atoms with Gasteiger partial charge in [-0.2, -0.15) is 0 Å². The van der Waals surface area contributed by atoms with Gasteiger partial charge < -0.3 is 14.9 Å². The first kappa shape index (κ1) is 19.3. The molecular weight excluding hydrogens is 439 g/mol. The van der Waals surface area contributed by atoms with E-state index in [1.165, 1.54) is 24.2 Å². The maximum absolute atomic E-state index is 12.7. The van der Waals surface area contributed by atoms with Gasteiger partial charge in [-0.1, -0.05) is 54.7 Å². The number of rotatable bonds is 3. The number of hydrogen-bond acceptors (Lipinski definition) is 5.